The van der Waals surface area contributed by atoms with Crippen LogP contribution in [-0.2, 0) is 25.2 Å². The molecule has 0 bridgehead atoms. The van der Waals surface area contributed by atoms with Crippen LogP contribution in [0.3, 0.4) is 0 Å². The first kappa shape index (κ1) is 28.6. The Labute approximate surface area is 231 Å². The third-order valence-corrected chi connectivity index (χ3v) is 9.36. The number of carboxylic acids is 1. The van der Waals surface area contributed by atoms with E-state index in [2.05, 4.69) is 61.1 Å². The zero-order chi connectivity index (χ0) is 27.7. The van der Waals surface area contributed by atoms with Crippen molar-refractivity contribution in [1.29, 1.82) is 0 Å². The fraction of sp³-hybridized carbons (Fsp3) is 0.633. The lowest BCUT2D eigenvalue weighted by molar-refractivity contribution is -0.155. The van der Waals surface area contributed by atoms with E-state index >= 15 is 0 Å². The zero-order valence-electron chi connectivity index (χ0n) is 23.7. The molecule has 1 saturated heterocycles. The molecule has 2 aromatic rings. The maximum Gasteiger partial charge on any atom is 0.323 e. The van der Waals surface area contributed by atoms with E-state index in [4.69, 9.17) is 9.72 Å². The van der Waals surface area contributed by atoms with Crippen molar-refractivity contribution in [2.45, 2.75) is 96.6 Å². The number of carboxylic acid groups (broad SMARTS) is 1. The Morgan fingerprint density at radius 1 is 1.08 bits per heavy atom. The number of nitrogens with zero attached hydrogens (tertiary/aromatic N) is 3. The minimum absolute atomic E-state index is 0.0505. The maximum atomic E-state index is 12.8. The van der Waals surface area contributed by atoms with Gasteiger partial charge in [0.15, 0.2) is 5.13 Å². The Morgan fingerprint density at radius 3 is 2.37 bits per heavy atom. The number of hydrogen-bond donors (Lipinski definition) is 1. The molecule has 1 N–H and O–H groups in total. The highest BCUT2D eigenvalue weighted by atomic mass is 32.1. The van der Waals surface area contributed by atoms with Crippen LogP contribution < -0.4 is 4.90 Å². The average molecular weight is 542 g/mol. The number of benzene rings is 1. The molecule has 2 atom stereocenters. The second kappa shape index (κ2) is 11.3. The van der Waals surface area contributed by atoms with Crippen LogP contribution in [0.2, 0.25) is 0 Å². The second-order valence-corrected chi connectivity index (χ2v) is 13.0. The predicted octanol–water partition coefficient (Wildman–Crippen LogP) is 5.86. The van der Waals surface area contributed by atoms with Crippen molar-refractivity contribution in [3.63, 3.8) is 0 Å². The third kappa shape index (κ3) is 6.23. The molecule has 1 aromatic carbocycles. The van der Waals surface area contributed by atoms with Crippen molar-refractivity contribution in [3.8, 4) is 11.3 Å². The summed E-state index contributed by atoms with van der Waals surface area (Å²) in [6, 6.07) is 6.34. The molecular formula is C30H43N3O4S. The van der Waals surface area contributed by atoms with E-state index in [1.54, 1.807) is 11.3 Å². The van der Waals surface area contributed by atoms with E-state index < -0.39 is 12.0 Å². The highest BCUT2D eigenvalue weighted by Gasteiger charge is 2.37. The van der Waals surface area contributed by atoms with Crippen LogP contribution in [-0.4, -0.2) is 65.3 Å². The van der Waals surface area contributed by atoms with E-state index in [1.165, 1.54) is 24.0 Å². The summed E-state index contributed by atoms with van der Waals surface area (Å²) in [7, 11) is 0. The van der Waals surface area contributed by atoms with Crippen molar-refractivity contribution in [1.82, 2.24) is 9.88 Å². The number of carbonyl (C=O) groups excluding carboxylic acids is 1. The van der Waals surface area contributed by atoms with Gasteiger partial charge in [-0.05, 0) is 60.6 Å². The topological polar surface area (TPSA) is 83.0 Å². The lowest BCUT2D eigenvalue weighted by atomic mass is 9.63. The quantitative estimate of drug-likeness (QED) is 0.398. The van der Waals surface area contributed by atoms with Gasteiger partial charge in [-0.25, -0.2) is 4.98 Å². The predicted molar refractivity (Wildman–Crippen MR) is 153 cm³/mol. The highest BCUT2D eigenvalue weighted by Crippen LogP contribution is 2.47. The molecule has 2 unspecified atom stereocenters. The molecule has 7 nitrogen and oxygen atoms in total. The standard InChI is InChI=1S/C30H43N3O4S/c1-7-20(2)37-27(36)25(10-11-26(34)35)32-14-16-33(17-15-32)28-31-24(19-38-28)21-8-9-22-23(18-21)30(5,6)13-12-29(22,3)4/h8-9,18-20,25H,7,10-17H2,1-6H3,(H,34,35). The van der Waals surface area contributed by atoms with Crippen LogP contribution in [0.1, 0.15) is 84.8 Å². The Balaban J connectivity index is 1.45. The SMILES string of the molecule is CCC(C)OC(=O)C(CCC(=O)O)N1CCN(c2nc(-c3ccc4c(c3)C(C)(C)CCC4(C)C)cs2)CC1. The molecule has 0 amide bonds. The molecule has 38 heavy (non-hydrogen) atoms. The number of anilines is 1. The number of piperazine rings is 1. The highest BCUT2D eigenvalue weighted by molar-refractivity contribution is 7.14. The normalized spacial score (nSPS) is 20.4. The van der Waals surface area contributed by atoms with Gasteiger partial charge in [0.05, 0.1) is 11.8 Å². The van der Waals surface area contributed by atoms with Gasteiger partial charge >= 0.3 is 11.9 Å². The number of ether oxygens (including phenoxy) is 1. The van der Waals surface area contributed by atoms with Crippen LogP contribution >= 0.6 is 11.3 Å². The molecule has 0 saturated carbocycles. The molecule has 1 aliphatic carbocycles. The lowest BCUT2D eigenvalue weighted by Crippen LogP contribution is -2.53. The lowest BCUT2D eigenvalue weighted by Gasteiger charge is -2.42. The maximum absolute atomic E-state index is 12.8. The summed E-state index contributed by atoms with van der Waals surface area (Å²) in [5.74, 6) is -1.21. The minimum atomic E-state index is -0.894. The smallest absolute Gasteiger partial charge is 0.323 e. The average Bonchev–Trinajstić information content (AvgIpc) is 3.37. The molecule has 208 valence electrons. The first-order valence-corrected chi connectivity index (χ1v) is 14.8. The number of rotatable bonds is 9. The van der Waals surface area contributed by atoms with Crippen LogP contribution in [0, 0.1) is 0 Å². The summed E-state index contributed by atoms with van der Waals surface area (Å²) in [5, 5.41) is 12.3. The van der Waals surface area contributed by atoms with Crippen LogP contribution in [0.15, 0.2) is 23.6 Å². The Bertz CT molecular complexity index is 1150. The molecule has 0 radical (unpaired) electrons. The van der Waals surface area contributed by atoms with Gasteiger partial charge < -0.3 is 14.7 Å². The van der Waals surface area contributed by atoms with Gasteiger partial charge in [-0.3, -0.25) is 14.5 Å². The summed E-state index contributed by atoms with van der Waals surface area (Å²) in [6.07, 6.45) is 3.15. The van der Waals surface area contributed by atoms with Gasteiger partial charge in [0.25, 0.3) is 0 Å². The summed E-state index contributed by atoms with van der Waals surface area (Å²) < 4.78 is 5.58. The van der Waals surface area contributed by atoms with Crippen molar-refractivity contribution >= 4 is 28.4 Å². The summed E-state index contributed by atoms with van der Waals surface area (Å²) in [5.41, 5.74) is 5.41. The number of hydrogen-bond acceptors (Lipinski definition) is 7. The summed E-state index contributed by atoms with van der Waals surface area (Å²) in [6.45, 7) is 16.0. The molecule has 2 heterocycles. The Hall–Kier alpha value is -2.45. The number of fused-ring (bicyclic) bond motifs is 1. The van der Waals surface area contributed by atoms with Gasteiger partial charge in [-0.15, -0.1) is 11.3 Å². The van der Waals surface area contributed by atoms with E-state index in [1.807, 2.05) is 13.8 Å². The summed E-state index contributed by atoms with van der Waals surface area (Å²) in [4.78, 5) is 33.4. The Morgan fingerprint density at radius 2 is 1.74 bits per heavy atom. The van der Waals surface area contributed by atoms with Crippen molar-refractivity contribution in [2.75, 3.05) is 31.1 Å². The molecule has 1 fully saturated rings. The minimum Gasteiger partial charge on any atom is -0.481 e. The van der Waals surface area contributed by atoms with Gasteiger partial charge in [-0.1, -0.05) is 46.8 Å². The molecule has 2 aliphatic rings. The van der Waals surface area contributed by atoms with Crippen LogP contribution in [0.5, 0.6) is 0 Å². The molecule has 1 aromatic heterocycles. The van der Waals surface area contributed by atoms with E-state index in [9.17, 15) is 14.7 Å². The van der Waals surface area contributed by atoms with E-state index in [0.29, 0.717) is 13.1 Å². The third-order valence-electron chi connectivity index (χ3n) is 8.46. The number of aromatic nitrogens is 1. The number of thiazole rings is 1. The molecule has 4 rings (SSSR count). The Kier molecular flexibility index (Phi) is 8.52. The van der Waals surface area contributed by atoms with Gasteiger partial charge in [0.1, 0.15) is 6.04 Å². The van der Waals surface area contributed by atoms with Crippen LogP contribution in [0.4, 0.5) is 5.13 Å². The van der Waals surface area contributed by atoms with Crippen LogP contribution in [0.25, 0.3) is 11.3 Å². The number of aliphatic carboxylic acids is 1. The second-order valence-electron chi connectivity index (χ2n) is 12.2. The van der Waals surface area contributed by atoms with Gasteiger partial charge in [-0.2, -0.15) is 0 Å². The number of esters is 1. The van der Waals surface area contributed by atoms with E-state index in [-0.39, 0.29) is 35.7 Å². The van der Waals surface area contributed by atoms with E-state index in [0.717, 1.165) is 35.9 Å². The first-order chi connectivity index (χ1) is 17.9. The molecular weight excluding hydrogens is 498 g/mol. The molecule has 0 spiro atoms. The fourth-order valence-electron chi connectivity index (χ4n) is 5.58. The molecule has 8 heteroatoms. The van der Waals surface area contributed by atoms with Gasteiger partial charge in [0.2, 0.25) is 0 Å². The van der Waals surface area contributed by atoms with Crippen molar-refractivity contribution in [2.24, 2.45) is 0 Å². The monoisotopic (exact) mass is 541 g/mol. The fourth-order valence-corrected chi connectivity index (χ4v) is 6.47. The van der Waals surface area contributed by atoms with Gasteiger partial charge in [0, 0.05) is 43.5 Å². The molecule has 1 aliphatic heterocycles. The first-order valence-electron chi connectivity index (χ1n) is 13.9. The number of carbonyl (C=O) groups is 2. The largest absolute Gasteiger partial charge is 0.481 e. The zero-order valence-corrected chi connectivity index (χ0v) is 24.6. The van der Waals surface area contributed by atoms with Crippen molar-refractivity contribution in [3.05, 3.63) is 34.7 Å². The summed E-state index contributed by atoms with van der Waals surface area (Å²) >= 11 is 1.66. The van der Waals surface area contributed by atoms with Crippen molar-refractivity contribution < 1.29 is 19.4 Å².